The van der Waals surface area contributed by atoms with Crippen molar-refractivity contribution in [2.75, 3.05) is 5.32 Å². The maximum atomic E-state index is 13.2. The van der Waals surface area contributed by atoms with Crippen LogP contribution in [0.2, 0.25) is 5.02 Å². The smallest absolute Gasteiger partial charge is 0.373 e. The van der Waals surface area contributed by atoms with Crippen molar-refractivity contribution in [2.24, 2.45) is 5.73 Å². The average molecular weight is 562 g/mol. The zero-order valence-electron chi connectivity index (χ0n) is 17.2. The van der Waals surface area contributed by atoms with E-state index in [-0.39, 0.29) is 33.3 Å². The largest absolute Gasteiger partial charge is 0.412 e. The molecule has 14 heteroatoms. The average Bonchev–Trinajstić information content (AvgIpc) is 3.19. The van der Waals surface area contributed by atoms with E-state index in [1.807, 2.05) is 0 Å². The second kappa shape index (κ2) is 9.56. The quantitative estimate of drug-likeness (QED) is 0.211. The number of nitrogens with two attached hydrogens (primary N) is 1. The Morgan fingerprint density at radius 2 is 1.91 bits per heavy atom. The molecule has 0 fully saturated rings. The molecule has 35 heavy (non-hydrogen) atoms. The van der Waals surface area contributed by atoms with E-state index in [1.165, 1.54) is 29.1 Å². The van der Waals surface area contributed by atoms with Gasteiger partial charge in [0, 0.05) is 17.6 Å². The highest BCUT2D eigenvalue weighted by atomic mass is 79.9. The first kappa shape index (κ1) is 23.9. The molecule has 0 saturated carbocycles. The number of carbonyl (C=O) groups excluding carboxylic acids is 4. The number of amides is 2. The minimum atomic E-state index is -1.78. The van der Waals surface area contributed by atoms with Crippen molar-refractivity contribution in [3.8, 4) is 5.82 Å². The fraction of sp³-hybridized carbons (Fsp3) is 0. The van der Waals surface area contributed by atoms with Crippen molar-refractivity contribution in [2.45, 2.75) is 0 Å². The monoisotopic (exact) mass is 560 g/mol. The maximum Gasteiger partial charge on any atom is 0.412 e. The number of nitrogens with one attached hydrogen (secondary N) is 1. The van der Waals surface area contributed by atoms with E-state index in [0.717, 1.165) is 12.1 Å². The summed E-state index contributed by atoms with van der Waals surface area (Å²) in [5, 5.41) is 7.27. The van der Waals surface area contributed by atoms with Crippen molar-refractivity contribution < 1.29 is 28.3 Å². The van der Waals surface area contributed by atoms with Crippen LogP contribution in [0, 0.1) is 0 Å². The van der Waals surface area contributed by atoms with E-state index in [1.54, 1.807) is 12.1 Å². The van der Waals surface area contributed by atoms with E-state index in [9.17, 15) is 23.6 Å². The second-order valence-electron chi connectivity index (χ2n) is 6.80. The highest BCUT2D eigenvalue weighted by molar-refractivity contribution is 9.10. The van der Waals surface area contributed by atoms with Gasteiger partial charge in [-0.15, -0.1) is 0 Å². The highest BCUT2D eigenvalue weighted by Gasteiger charge is 2.23. The molecule has 4 rings (SSSR count). The molecule has 4 aromatic rings. The number of hydrogen-bond donors (Lipinski definition) is 2. The van der Waals surface area contributed by atoms with Gasteiger partial charge in [0.2, 0.25) is 0 Å². The van der Waals surface area contributed by atoms with Crippen LogP contribution in [0.3, 0.4) is 0 Å². The molecule has 0 aliphatic carbocycles. The van der Waals surface area contributed by atoms with E-state index in [0.29, 0.717) is 9.99 Å². The summed E-state index contributed by atoms with van der Waals surface area (Å²) >= 11 is 9.39. The lowest BCUT2D eigenvalue weighted by Crippen LogP contribution is -2.22. The molecule has 0 unspecified atom stereocenters. The fourth-order valence-electron chi connectivity index (χ4n) is 3.09. The van der Waals surface area contributed by atoms with Gasteiger partial charge in [-0.05, 0) is 46.3 Å². The minimum absolute atomic E-state index is 0.0108. The Kier molecular flexibility index (Phi) is 6.53. The minimum Gasteiger partial charge on any atom is -0.373 e. The fourth-order valence-corrected chi connectivity index (χ4v) is 3.67. The predicted molar refractivity (Wildman–Crippen MR) is 124 cm³/mol. The zero-order chi connectivity index (χ0) is 25.3. The van der Waals surface area contributed by atoms with Gasteiger partial charge in [0.25, 0.3) is 5.91 Å². The van der Waals surface area contributed by atoms with Crippen LogP contribution in [0.5, 0.6) is 0 Å². The van der Waals surface area contributed by atoms with Crippen LogP contribution in [0.4, 0.5) is 14.9 Å². The number of carbonyl (C=O) groups is 4. The highest BCUT2D eigenvalue weighted by Crippen LogP contribution is 2.27. The molecule has 2 amide bonds. The summed E-state index contributed by atoms with van der Waals surface area (Å²) in [6.45, 7) is 0. The summed E-state index contributed by atoms with van der Waals surface area (Å²) in [4.78, 5) is 55.8. The number of anilines is 1. The normalized spacial score (nSPS) is 10.7. The number of ether oxygens (including phenoxy) is 1. The van der Waals surface area contributed by atoms with Gasteiger partial charge in [-0.25, -0.2) is 24.2 Å². The molecule has 3 aromatic heterocycles. The van der Waals surface area contributed by atoms with Crippen LogP contribution in [-0.2, 0) is 4.74 Å². The summed E-state index contributed by atoms with van der Waals surface area (Å²) < 4.78 is 19.0. The standard InChI is InChI=1S/C21H11BrClFN6O5/c22-16-8-15(30(29-16)18-11(23)2-1-5-26-18)19(32)28-14-6-9-3-4-12(17(24)31)27-13(9)7-10(14)20(33)35-21(25)34/h1-8H,(H2,25,34)(H,28,32). The van der Waals surface area contributed by atoms with E-state index >= 15 is 0 Å². The van der Waals surface area contributed by atoms with E-state index in [2.05, 4.69) is 41.1 Å². The number of esters is 1. The van der Waals surface area contributed by atoms with Crippen LogP contribution in [-0.4, -0.2) is 43.8 Å². The van der Waals surface area contributed by atoms with Crippen molar-refractivity contribution >= 4 is 68.1 Å². The summed E-state index contributed by atoms with van der Waals surface area (Å²) in [6.07, 6.45) is 0.0724. The van der Waals surface area contributed by atoms with Gasteiger partial charge >= 0.3 is 18.1 Å². The van der Waals surface area contributed by atoms with Gasteiger partial charge < -0.3 is 15.8 Å². The SMILES string of the molecule is NC(=O)OC(=O)c1cc2nc(C(=O)F)ccc2cc1NC(=O)c1cc(Br)nn1-c1ncccc1Cl. The number of rotatable bonds is 5. The van der Waals surface area contributed by atoms with Gasteiger partial charge in [-0.2, -0.15) is 9.49 Å². The molecule has 0 bridgehead atoms. The molecular formula is C21H11BrClFN6O5. The molecule has 0 aliphatic heterocycles. The third-order valence-corrected chi connectivity index (χ3v) is 5.23. The number of halogens is 3. The molecule has 1 aromatic carbocycles. The number of fused-ring (bicyclic) bond motifs is 1. The number of aromatic nitrogens is 4. The number of benzene rings is 1. The van der Waals surface area contributed by atoms with Crippen LogP contribution in [0.25, 0.3) is 16.7 Å². The molecule has 0 saturated heterocycles. The third kappa shape index (κ3) is 5.00. The van der Waals surface area contributed by atoms with Crippen molar-refractivity contribution in [3.63, 3.8) is 0 Å². The first-order valence-corrected chi connectivity index (χ1v) is 10.6. The van der Waals surface area contributed by atoms with E-state index in [4.69, 9.17) is 17.3 Å². The summed E-state index contributed by atoms with van der Waals surface area (Å²) in [7, 11) is 0. The lowest BCUT2D eigenvalue weighted by Gasteiger charge is -2.13. The number of hydrogen-bond acceptors (Lipinski definition) is 8. The Morgan fingerprint density at radius 3 is 2.60 bits per heavy atom. The molecule has 0 atom stereocenters. The van der Waals surface area contributed by atoms with Gasteiger partial charge in [0.05, 0.1) is 21.8 Å². The number of nitrogens with zero attached hydrogens (tertiary/aromatic N) is 4. The third-order valence-electron chi connectivity index (χ3n) is 4.54. The molecule has 3 heterocycles. The lowest BCUT2D eigenvalue weighted by atomic mass is 10.1. The van der Waals surface area contributed by atoms with Gasteiger partial charge in [-0.1, -0.05) is 17.7 Å². The molecule has 0 spiro atoms. The molecule has 0 radical (unpaired) electrons. The van der Waals surface area contributed by atoms with Crippen LogP contribution >= 0.6 is 27.5 Å². The Hall–Kier alpha value is -4.23. The first-order valence-electron chi connectivity index (χ1n) is 9.48. The van der Waals surface area contributed by atoms with Crippen LogP contribution < -0.4 is 11.1 Å². The van der Waals surface area contributed by atoms with Crippen LogP contribution in [0.1, 0.15) is 31.3 Å². The summed E-state index contributed by atoms with van der Waals surface area (Å²) in [5.41, 5.74) is 4.03. The van der Waals surface area contributed by atoms with Crippen molar-refractivity contribution in [1.29, 1.82) is 0 Å². The van der Waals surface area contributed by atoms with Gasteiger partial charge in [0.15, 0.2) is 5.82 Å². The Morgan fingerprint density at radius 1 is 1.14 bits per heavy atom. The maximum absolute atomic E-state index is 13.2. The lowest BCUT2D eigenvalue weighted by molar-refractivity contribution is 0.0639. The number of pyridine rings is 2. The van der Waals surface area contributed by atoms with Crippen molar-refractivity contribution in [1.82, 2.24) is 19.7 Å². The Balaban J connectivity index is 1.80. The Bertz CT molecular complexity index is 1540. The molecule has 11 nitrogen and oxygen atoms in total. The molecule has 176 valence electrons. The Labute approximate surface area is 208 Å². The second-order valence-corrected chi connectivity index (χ2v) is 8.02. The number of primary amides is 1. The topological polar surface area (TPSA) is 159 Å². The summed E-state index contributed by atoms with van der Waals surface area (Å²) in [5.74, 6) is -1.78. The van der Waals surface area contributed by atoms with Crippen molar-refractivity contribution in [3.05, 3.63) is 75.2 Å². The molecule has 3 N–H and O–H groups in total. The predicted octanol–water partition coefficient (Wildman–Crippen LogP) is 3.83. The molecule has 0 aliphatic rings. The van der Waals surface area contributed by atoms with Gasteiger partial charge in [0.1, 0.15) is 16.0 Å². The van der Waals surface area contributed by atoms with E-state index < -0.39 is 29.7 Å². The first-order chi connectivity index (χ1) is 16.6. The summed E-state index contributed by atoms with van der Waals surface area (Å²) in [6, 6.07) is 7.72. The zero-order valence-corrected chi connectivity index (χ0v) is 19.5. The van der Waals surface area contributed by atoms with Crippen LogP contribution in [0.15, 0.2) is 53.3 Å². The molecular weight excluding hydrogens is 551 g/mol. The van der Waals surface area contributed by atoms with Gasteiger partial charge in [-0.3, -0.25) is 9.59 Å².